The van der Waals surface area contributed by atoms with E-state index in [-0.39, 0.29) is 23.3 Å². The van der Waals surface area contributed by atoms with Crippen LogP contribution >= 0.6 is 0 Å². The Balaban J connectivity index is 2.53. The predicted molar refractivity (Wildman–Crippen MR) is 105 cm³/mol. The number of carbonyl (C=O) groups excluding carboxylic acids is 1. The third-order valence-electron chi connectivity index (χ3n) is 3.40. The number of rotatable bonds is 5. The van der Waals surface area contributed by atoms with Gasteiger partial charge in [-0.25, -0.2) is 18.1 Å². The van der Waals surface area contributed by atoms with Crippen LogP contribution in [-0.2, 0) is 16.6 Å². The Kier molecular flexibility index (Phi) is 5.82. The van der Waals surface area contributed by atoms with E-state index in [0.717, 1.165) is 5.56 Å². The normalized spacial score (nSPS) is 12.8. The van der Waals surface area contributed by atoms with Crippen LogP contribution in [0.5, 0.6) is 0 Å². The van der Waals surface area contributed by atoms with Crippen LogP contribution in [0.1, 0.15) is 57.6 Å². The predicted octanol–water partition coefficient (Wildman–Crippen LogP) is 2.54. The van der Waals surface area contributed by atoms with Crippen molar-refractivity contribution in [1.29, 1.82) is 0 Å². The summed E-state index contributed by atoms with van der Waals surface area (Å²) in [5, 5.41) is 2.68. The fraction of sp³-hybridized carbons (Fsp3) is 0.474. The maximum absolute atomic E-state index is 12.9. The first-order valence-electron chi connectivity index (χ1n) is 8.74. The van der Waals surface area contributed by atoms with Gasteiger partial charge in [-0.05, 0) is 47.1 Å². The highest BCUT2D eigenvalue weighted by atomic mass is 32.2. The monoisotopic (exact) mass is 392 g/mol. The molecule has 0 radical (unpaired) electrons. The van der Waals surface area contributed by atoms with Gasteiger partial charge in [-0.15, -0.1) is 0 Å². The van der Waals surface area contributed by atoms with Crippen LogP contribution < -0.4 is 10.0 Å². The zero-order valence-electron chi connectivity index (χ0n) is 16.7. The SMILES string of the molecule is CC(C)(C)NC(=O)c1cnc(S(=O)(=O)NC(C)(C)C)n1Cc1ccccc1. The van der Waals surface area contributed by atoms with E-state index in [2.05, 4.69) is 15.0 Å². The van der Waals surface area contributed by atoms with E-state index in [1.165, 1.54) is 10.8 Å². The summed E-state index contributed by atoms with van der Waals surface area (Å²) in [5.41, 5.74) is -0.0618. The van der Waals surface area contributed by atoms with Gasteiger partial charge in [0.1, 0.15) is 5.69 Å². The Bertz CT molecular complexity index is 905. The van der Waals surface area contributed by atoms with Gasteiger partial charge in [0, 0.05) is 11.1 Å². The molecule has 2 rings (SSSR count). The van der Waals surface area contributed by atoms with E-state index in [9.17, 15) is 13.2 Å². The summed E-state index contributed by atoms with van der Waals surface area (Å²) in [6.45, 7) is 11.1. The van der Waals surface area contributed by atoms with E-state index in [1.807, 2.05) is 51.1 Å². The maximum atomic E-state index is 12.9. The van der Waals surface area contributed by atoms with Gasteiger partial charge in [0.25, 0.3) is 15.9 Å². The highest BCUT2D eigenvalue weighted by Crippen LogP contribution is 2.17. The second kappa shape index (κ2) is 7.44. The van der Waals surface area contributed by atoms with E-state index in [4.69, 9.17) is 0 Å². The van der Waals surface area contributed by atoms with Crippen LogP contribution in [0.25, 0.3) is 0 Å². The molecule has 7 nitrogen and oxygen atoms in total. The number of amides is 1. The van der Waals surface area contributed by atoms with Gasteiger partial charge in [-0.1, -0.05) is 30.3 Å². The summed E-state index contributed by atoms with van der Waals surface area (Å²) in [6.07, 6.45) is 1.31. The largest absolute Gasteiger partial charge is 0.346 e. The first kappa shape index (κ1) is 21.1. The first-order chi connectivity index (χ1) is 12.3. The lowest BCUT2D eigenvalue weighted by Crippen LogP contribution is -2.43. The molecule has 0 spiro atoms. The van der Waals surface area contributed by atoms with Crippen molar-refractivity contribution in [2.24, 2.45) is 0 Å². The lowest BCUT2D eigenvalue weighted by atomic mass is 10.1. The molecule has 0 aliphatic carbocycles. The number of aromatic nitrogens is 2. The Morgan fingerprint density at radius 1 is 1.04 bits per heavy atom. The number of hydrogen-bond donors (Lipinski definition) is 2. The smallest absolute Gasteiger partial charge is 0.275 e. The van der Waals surface area contributed by atoms with Gasteiger partial charge >= 0.3 is 0 Å². The molecule has 0 aliphatic heterocycles. The summed E-state index contributed by atoms with van der Waals surface area (Å²) >= 11 is 0. The van der Waals surface area contributed by atoms with E-state index in [0.29, 0.717) is 0 Å². The molecule has 0 unspecified atom stereocenters. The van der Waals surface area contributed by atoms with Crippen LogP contribution in [0.3, 0.4) is 0 Å². The molecule has 0 aliphatic rings. The molecule has 0 saturated heterocycles. The molecular weight excluding hydrogens is 364 g/mol. The zero-order chi connectivity index (χ0) is 20.5. The van der Waals surface area contributed by atoms with Crippen LogP contribution in [0.15, 0.2) is 41.7 Å². The second-order valence-electron chi connectivity index (χ2n) is 8.56. The quantitative estimate of drug-likeness (QED) is 0.818. The molecular formula is C19H28N4O3S. The van der Waals surface area contributed by atoms with E-state index >= 15 is 0 Å². The third kappa shape index (κ3) is 5.90. The Hall–Kier alpha value is -2.19. The van der Waals surface area contributed by atoms with Gasteiger partial charge < -0.3 is 9.88 Å². The first-order valence-corrected chi connectivity index (χ1v) is 10.2. The van der Waals surface area contributed by atoms with Crippen LogP contribution in [-0.4, -0.2) is 35.0 Å². The molecule has 2 N–H and O–H groups in total. The summed E-state index contributed by atoms with van der Waals surface area (Å²) in [4.78, 5) is 16.8. The number of benzene rings is 1. The van der Waals surface area contributed by atoms with Crippen molar-refractivity contribution in [2.45, 2.75) is 64.3 Å². The molecule has 148 valence electrons. The van der Waals surface area contributed by atoms with E-state index in [1.54, 1.807) is 20.8 Å². The average Bonchev–Trinajstić information content (AvgIpc) is 2.88. The minimum atomic E-state index is -3.90. The molecule has 2 aromatic rings. The lowest BCUT2D eigenvalue weighted by molar-refractivity contribution is 0.0909. The average molecular weight is 393 g/mol. The van der Waals surface area contributed by atoms with Crippen LogP contribution in [0.4, 0.5) is 0 Å². The van der Waals surface area contributed by atoms with Crippen LogP contribution in [0.2, 0.25) is 0 Å². The minimum absolute atomic E-state index is 0.180. The lowest BCUT2D eigenvalue weighted by Gasteiger charge is -2.22. The number of nitrogens with zero attached hydrogens (tertiary/aromatic N) is 2. The fourth-order valence-corrected chi connectivity index (χ4v) is 4.07. The number of nitrogens with one attached hydrogen (secondary N) is 2. The third-order valence-corrected chi connectivity index (χ3v) is 5.09. The Labute approximate surface area is 161 Å². The second-order valence-corrected chi connectivity index (χ2v) is 10.1. The Morgan fingerprint density at radius 2 is 1.63 bits per heavy atom. The van der Waals surface area contributed by atoms with Crippen molar-refractivity contribution in [1.82, 2.24) is 19.6 Å². The summed E-state index contributed by atoms with van der Waals surface area (Å²) < 4.78 is 29.7. The van der Waals surface area contributed by atoms with Gasteiger partial charge in [-0.2, -0.15) is 0 Å². The molecule has 0 saturated carbocycles. The number of sulfonamides is 1. The van der Waals surface area contributed by atoms with Crippen LogP contribution in [0, 0.1) is 0 Å². The van der Waals surface area contributed by atoms with Crippen molar-refractivity contribution < 1.29 is 13.2 Å². The molecule has 0 atom stereocenters. The fourth-order valence-electron chi connectivity index (χ4n) is 2.53. The highest BCUT2D eigenvalue weighted by molar-refractivity contribution is 7.89. The summed E-state index contributed by atoms with van der Waals surface area (Å²) in [7, 11) is -3.90. The zero-order valence-corrected chi connectivity index (χ0v) is 17.5. The molecule has 1 amide bonds. The number of hydrogen-bond acceptors (Lipinski definition) is 4. The molecule has 8 heteroatoms. The van der Waals surface area contributed by atoms with Crippen molar-refractivity contribution in [3.8, 4) is 0 Å². The number of imidazole rings is 1. The van der Waals surface area contributed by atoms with Gasteiger partial charge in [0.15, 0.2) is 0 Å². The molecule has 27 heavy (non-hydrogen) atoms. The molecule has 1 aromatic carbocycles. The molecule has 0 fully saturated rings. The summed E-state index contributed by atoms with van der Waals surface area (Å²) in [6, 6.07) is 9.35. The topological polar surface area (TPSA) is 93.1 Å². The van der Waals surface area contributed by atoms with Crippen molar-refractivity contribution in [3.63, 3.8) is 0 Å². The Morgan fingerprint density at radius 3 is 2.15 bits per heavy atom. The minimum Gasteiger partial charge on any atom is -0.346 e. The standard InChI is InChI=1S/C19H28N4O3S/c1-18(2,3)21-16(24)15-12-20-17(27(25,26)22-19(4,5)6)23(15)13-14-10-8-7-9-11-14/h7-12,22H,13H2,1-6H3,(H,21,24). The highest BCUT2D eigenvalue weighted by Gasteiger charge is 2.30. The number of carbonyl (C=O) groups is 1. The summed E-state index contributed by atoms with van der Waals surface area (Å²) in [5.74, 6) is -0.372. The molecule has 0 bridgehead atoms. The van der Waals surface area contributed by atoms with Gasteiger partial charge in [0.2, 0.25) is 5.16 Å². The van der Waals surface area contributed by atoms with Crippen molar-refractivity contribution in [3.05, 3.63) is 47.8 Å². The molecule has 1 heterocycles. The van der Waals surface area contributed by atoms with Gasteiger partial charge in [-0.3, -0.25) is 4.79 Å². The maximum Gasteiger partial charge on any atom is 0.275 e. The van der Waals surface area contributed by atoms with Crippen molar-refractivity contribution in [2.75, 3.05) is 0 Å². The van der Waals surface area contributed by atoms with Crippen molar-refractivity contribution >= 4 is 15.9 Å². The molecule has 1 aromatic heterocycles. The van der Waals surface area contributed by atoms with Gasteiger partial charge in [0.05, 0.1) is 12.7 Å². The van der Waals surface area contributed by atoms with E-state index < -0.39 is 21.1 Å².